The van der Waals surface area contributed by atoms with Crippen molar-refractivity contribution in [1.29, 1.82) is 0 Å². The van der Waals surface area contributed by atoms with Crippen LogP contribution in [0.1, 0.15) is 27.2 Å². The number of carbonyl (C=O) groups is 2. The van der Waals surface area contributed by atoms with Crippen LogP contribution in [0.2, 0.25) is 0 Å². The zero-order valence-electron chi connectivity index (χ0n) is 12.4. The van der Waals surface area contributed by atoms with Gasteiger partial charge in [-0.3, -0.25) is 4.79 Å². The maximum Gasteiger partial charge on any atom is 0.398 e. The maximum absolute atomic E-state index is 13.4. The minimum atomic E-state index is -4.82. The molecule has 0 radical (unpaired) electrons. The predicted molar refractivity (Wildman–Crippen MR) is 73.0 cm³/mol. The summed E-state index contributed by atoms with van der Waals surface area (Å²) >= 11 is 0. The summed E-state index contributed by atoms with van der Waals surface area (Å²) in [6.07, 6.45) is -1.91. The molecule has 0 aromatic carbocycles. The summed E-state index contributed by atoms with van der Waals surface area (Å²) in [6.45, 7) is 3.40. The molecule has 4 nitrogen and oxygen atoms in total. The fraction of sp³-hybridized carbons (Fsp3) is 0.467. The second-order valence-electron chi connectivity index (χ2n) is 5.63. The highest BCUT2D eigenvalue weighted by atomic mass is 19.4. The molecule has 7 heteroatoms. The van der Waals surface area contributed by atoms with Crippen molar-refractivity contribution in [1.82, 2.24) is 0 Å². The normalized spacial score (nSPS) is 30.6. The Morgan fingerprint density at radius 2 is 1.95 bits per heavy atom. The van der Waals surface area contributed by atoms with Crippen molar-refractivity contribution in [3.05, 3.63) is 35.5 Å². The zero-order chi connectivity index (χ0) is 17.3. The van der Waals surface area contributed by atoms with E-state index < -0.39 is 35.4 Å². The molecular formula is C15H17F3O4. The van der Waals surface area contributed by atoms with Gasteiger partial charge in [-0.25, -0.2) is 4.79 Å². The first kappa shape index (κ1) is 18.2. The lowest BCUT2D eigenvalue weighted by Gasteiger charge is -2.46. The molecule has 22 heavy (non-hydrogen) atoms. The van der Waals surface area contributed by atoms with Gasteiger partial charge < -0.3 is 10.2 Å². The van der Waals surface area contributed by atoms with Crippen LogP contribution in [0.15, 0.2) is 35.5 Å². The molecule has 0 aliphatic heterocycles. The topological polar surface area (TPSA) is 74.6 Å². The van der Waals surface area contributed by atoms with Crippen LogP contribution in [-0.4, -0.2) is 33.7 Å². The fourth-order valence-electron chi connectivity index (χ4n) is 2.45. The van der Waals surface area contributed by atoms with Gasteiger partial charge in [-0.05, 0) is 44.1 Å². The van der Waals surface area contributed by atoms with Crippen molar-refractivity contribution in [2.24, 2.45) is 5.41 Å². The van der Waals surface area contributed by atoms with E-state index in [9.17, 15) is 27.9 Å². The Morgan fingerprint density at radius 1 is 1.41 bits per heavy atom. The van der Waals surface area contributed by atoms with Crippen LogP contribution in [0.5, 0.6) is 0 Å². The SMILES string of the molecule is CC1=CC(=O)C[C@](C)(C(F)(F)F)[C@@]1(O)/C=C/C(C)=C\C(=O)O. The van der Waals surface area contributed by atoms with Crippen molar-refractivity contribution >= 4 is 11.8 Å². The van der Waals surface area contributed by atoms with E-state index in [2.05, 4.69) is 0 Å². The van der Waals surface area contributed by atoms with Gasteiger partial charge in [0, 0.05) is 12.5 Å². The van der Waals surface area contributed by atoms with Gasteiger partial charge in [0.15, 0.2) is 5.78 Å². The van der Waals surface area contributed by atoms with Crippen LogP contribution in [-0.2, 0) is 9.59 Å². The molecular weight excluding hydrogens is 301 g/mol. The minimum Gasteiger partial charge on any atom is -0.478 e. The van der Waals surface area contributed by atoms with Crippen LogP contribution in [0.25, 0.3) is 0 Å². The highest BCUT2D eigenvalue weighted by molar-refractivity contribution is 5.93. The van der Waals surface area contributed by atoms with Gasteiger partial charge in [-0.1, -0.05) is 6.08 Å². The Bertz CT molecular complexity index is 586. The molecule has 0 spiro atoms. The molecule has 0 saturated carbocycles. The first-order chi connectivity index (χ1) is 9.83. The van der Waals surface area contributed by atoms with E-state index in [0.29, 0.717) is 0 Å². The van der Waals surface area contributed by atoms with E-state index in [4.69, 9.17) is 5.11 Å². The summed E-state index contributed by atoms with van der Waals surface area (Å²) < 4.78 is 40.3. The Kier molecular flexibility index (Phi) is 4.72. The van der Waals surface area contributed by atoms with Gasteiger partial charge in [-0.15, -0.1) is 0 Å². The first-order valence-corrected chi connectivity index (χ1v) is 6.44. The highest BCUT2D eigenvalue weighted by Crippen LogP contribution is 2.54. The van der Waals surface area contributed by atoms with Gasteiger partial charge in [0.1, 0.15) is 11.0 Å². The van der Waals surface area contributed by atoms with E-state index in [-0.39, 0.29) is 11.1 Å². The van der Waals surface area contributed by atoms with Crippen molar-refractivity contribution in [3.8, 4) is 0 Å². The van der Waals surface area contributed by atoms with Crippen LogP contribution < -0.4 is 0 Å². The van der Waals surface area contributed by atoms with E-state index in [1.807, 2.05) is 0 Å². The molecule has 0 unspecified atom stereocenters. The number of alkyl halides is 3. The third kappa shape index (κ3) is 3.14. The van der Waals surface area contributed by atoms with Crippen molar-refractivity contribution < 1.29 is 33.0 Å². The highest BCUT2D eigenvalue weighted by Gasteiger charge is 2.64. The minimum absolute atomic E-state index is 0.136. The molecule has 1 aliphatic carbocycles. The number of carbonyl (C=O) groups excluding carboxylic acids is 1. The predicted octanol–water partition coefficient (Wildman–Crippen LogP) is 2.79. The summed E-state index contributed by atoms with van der Waals surface area (Å²) in [6, 6.07) is 0. The number of aliphatic carboxylic acids is 1. The quantitative estimate of drug-likeness (QED) is 0.620. The van der Waals surface area contributed by atoms with Crippen LogP contribution in [0, 0.1) is 5.41 Å². The largest absolute Gasteiger partial charge is 0.478 e. The van der Waals surface area contributed by atoms with Crippen molar-refractivity contribution in [2.75, 3.05) is 0 Å². The molecule has 0 amide bonds. The zero-order valence-corrected chi connectivity index (χ0v) is 12.4. The Hall–Kier alpha value is -1.89. The second kappa shape index (κ2) is 5.72. The van der Waals surface area contributed by atoms with E-state index >= 15 is 0 Å². The molecule has 0 aromatic rings. The molecule has 0 bridgehead atoms. The summed E-state index contributed by atoms with van der Waals surface area (Å²) in [5.74, 6) is -1.97. The number of hydrogen-bond acceptors (Lipinski definition) is 3. The fourth-order valence-corrected chi connectivity index (χ4v) is 2.45. The lowest BCUT2D eigenvalue weighted by Crippen LogP contribution is -2.57. The molecule has 1 aliphatic rings. The summed E-state index contributed by atoms with van der Waals surface area (Å²) in [5, 5.41) is 19.2. The molecule has 122 valence electrons. The van der Waals surface area contributed by atoms with E-state index in [1.165, 1.54) is 13.8 Å². The van der Waals surface area contributed by atoms with Crippen LogP contribution >= 0.6 is 0 Å². The summed E-state index contributed by atoms with van der Waals surface area (Å²) in [7, 11) is 0. The Labute approximate surface area is 125 Å². The summed E-state index contributed by atoms with van der Waals surface area (Å²) in [5.41, 5.74) is -5.08. The number of rotatable bonds is 3. The number of carboxylic acids is 1. The van der Waals surface area contributed by atoms with Crippen LogP contribution in [0.3, 0.4) is 0 Å². The average molecular weight is 318 g/mol. The number of hydrogen-bond donors (Lipinski definition) is 2. The lowest BCUT2D eigenvalue weighted by molar-refractivity contribution is -0.261. The van der Waals surface area contributed by atoms with Crippen LogP contribution in [0.4, 0.5) is 13.2 Å². The van der Waals surface area contributed by atoms with Gasteiger partial charge >= 0.3 is 12.1 Å². The Morgan fingerprint density at radius 3 is 2.41 bits per heavy atom. The van der Waals surface area contributed by atoms with Crippen molar-refractivity contribution in [3.63, 3.8) is 0 Å². The standard InChI is InChI=1S/C15H17F3O4/c1-9(6-12(20)21)4-5-14(22)10(2)7-11(19)8-13(14,3)15(16,17)18/h4-7,22H,8H2,1-3H3,(H,20,21)/b5-4+,9-6-/t13-,14+/m0/s1. The molecule has 0 saturated heterocycles. The van der Waals surface area contributed by atoms with E-state index in [1.54, 1.807) is 0 Å². The van der Waals surface area contributed by atoms with Gasteiger partial charge in [0.25, 0.3) is 0 Å². The first-order valence-electron chi connectivity index (χ1n) is 6.44. The molecule has 0 aromatic heterocycles. The maximum atomic E-state index is 13.4. The van der Waals surface area contributed by atoms with Gasteiger partial charge in [0.05, 0.1) is 0 Å². The number of carboxylic acid groups (broad SMARTS) is 1. The molecule has 2 N–H and O–H groups in total. The number of aliphatic hydroxyl groups is 1. The molecule has 0 fully saturated rings. The average Bonchev–Trinajstić information content (AvgIpc) is 2.31. The number of halogens is 3. The number of allylic oxidation sites excluding steroid dienone is 3. The summed E-state index contributed by atoms with van der Waals surface area (Å²) in [4.78, 5) is 22.0. The second-order valence-corrected chi connectivity index (χ2v) is 5.63. The number of ketones is 1. The molecule has 2 atom stereocenters. The van der Waals surface area contributed by atoms with Gasteiger partial charge in [-0.2, -0.15) is 13.2 Å². The lowest BCUT2D eigenvalue weighted by atomic mass is 9.62. The van der Waals surface area contributed by atoms with E-state index in [0.717, 1.165) is 31.2 Å². The van der Waals surface area contributed by atoms with Gasteiger partial charge in [0.2, 0.25) is 0 Å². The third-order valence-corrected chi connectivity index (χ3v) is 3.91. The Balaban J connectivity index is 3.41. The smallest absolute Gasteiger partial charge is 0.398 e. The third-order valence-electron chi connectivity index (χ3n) is 3.91. The molecule has 1 rings (SSSR count). The monoisotopic (exact) mass is 318 g/mol. The molecule has 0 heterocycles. The van der Waals surface area contributed by atoms with Crippen molar-refractivity contribution in [2.45, 2.75) is 39.0 Å².